The largest absolute Gasteiger partial charge is 0.493 e. The Morgan fingerprint density at radius 1 is 0.935 bits per heavy atom. The van der Waals surface area contributed by atoms with E-state index in [9.17, 15) is 4.79 Å². The third kappa shape index (κ3) is 4.38. The molecule has 158 valence electrons. The minimum Gasteiger partial charge on any atom is -0.493 e. The van der Waals surface area contributed by atoms with Gasteiger partial charge in [0, 0.05) is 25.2 Å². The molecule has 0 unspecified atom stereocenters. The average Bonchev–Trinajstić information content (AvgIpc) is 3.31. The van der Waals surface area contributed by atoms with Crippen LogP contribution in [0.1, 0.15) is 16.1 Å². The number of methoxy groups -OCH3 is 2. The summed E-state index contributed by atoms with van der Waals surface area (Å²) in [4.78, 5) is 14.4. The Hall–Kier alpha value is -3.80. The number of amides is 1. The molecule has 6 nitrogen and oxygen atoms in total. The molecule has 0 aliphatic carbocycles. The summed E-state index contributed by atoms with van der Waals surface area (Å²) in [7, 11) is 4.97. The number of benzene rings is 3. The lowest BCUT2D eigenvalue weighted by molar-refractivity contribution is 0.0786. The number of hydrogen-bond acceptors (Lipinski definition) is 5. The van der Waals surface area contributed by atoms with Crippen molar-refractivity contribution >= 4 is 16.7 Å². The highest BCUT2D eigenvalue weighted by Gasteiger charge is 2.18. The van der Waals surface area contributed by atoms with Gasteiger partial charge in [0.05, 0.1) is 14.2 Å². The van der Waals surface area contributed by atoms with Crippen molar-refractivity contribution < 1.29 is 18.8 Å². The molecule has 0 atom stereocenters. The van der Waals surface area contributed by atoms with Crippen molar-refractivity contribution in [2.45, 2.75) is 6.42 Å². The molecule has 0 spiro atoms. The first kappa shape index (κ1) is 20.5. The average molecular weight is 416 g/mol. The third-order valence-electron chi connectivity index (χ3n) is 5.29. The molecule has 4 rings (SSSR count). The number of hydrogen-bond donors (Lipinski definition) is 0. The first-order valence-corrected chi connectivity index (χ1v) is 10.0. The predicted octanol–water partition coefficient (Wildman–Crippen LogP) is 4.83. The molecule has 0 N–H and O–H groups in total. The van der Waals surface area contributed by atoms with Crippen LogP contribution >= 0.6 is 0 Å². The summed E-state index contributed by atoms with van der Waals surface area (Å²) in [5.74, 6) is 1.74. The van der Waals surface area contributed by atoms with Gasteiger partial charge in [-0.25, -0.2) is 0 Å². The lowest BCUT2D eigenvalue weighted by Gasteiger charge is -2.16. The normalized spacial score (nSPS) is 10.8. The number of ether oxygens (including phenoxy) is 2. The zero-order valence-corrected chi connectivity index (χ0v) is 17.8. The summed E-state index contributed by atoms with van der Waals surface area (Å²) >= 11 is 0. The number of aromatic nitrogens is 1. The molecule has 0 aliphatic heterocycles. The molecule has 31 heavy (non-hydrogen) atoms. The first-order valence-electron chi connectivity index (χ1n) is 10.0. The molecular weight excluding hydrogens is 392 g/mol. The van der Waals surface area contributed by atoms with Crippen molar-refractivity contribution in [2.24, 2.45) is 0 Å². The Kier molecular flexibility index (Phi) is 5.89. The van der Waals surface area contributed by atoms with E-state index >= 15 is 0 Å². The van der Waals surface area contributed by atoms with E-state index in [0.29, 0.717) is 30.2 Å². The summed E-state index contributed by atoms with van der Waals surface area (Å²) in [6, 6.07) is 21.6. The number of rotatable bonds is 7. The van der Waals surface area contributed by atoms with Crippen LogP contribution in [0.15, 0.2) is 71.3 Å². The highest BCUT2D eigenvalue weighted by molar-refractivity contribution is 5.93. The smallest absolute Gasteiger partial charge is 0.275 e. The Morgan fingerprint density at radius 3 is 2.48 bits per heavy atom. The van der Waals surface area contributed by atoms with Crippen molar-refractivity contribution in [1.82, 2.24) is 10.1 Å². The maximum atomic E-state index is 12.8. The molecule has 0 saturated heterocycles. The quantitative estimate of drug-likeness (QED) is 0.432. The topological polar surface area (TPSA) is 64.8 Å². The van der Waals surface area contributed by atoms with Crippen LogP contribution in [0.5, 0.6) is 11.5 Å². The van der Waals surface area contributed by atoms with Crippen molar-refractivity contribution in [2.75, 3.05) is 27.8 Å². The Labute approximate surface area is 181 Å². The van der Waals surface area contributed by atoms with Gasteiger partial charge in [-0.05, 0) is 41.0 Å². The van der Waals surface area contributed by atoms with Crippen molar-refractivity contribution in [1.29, 1.82) is 0 Å². The minimum absolute atomic E-state index is 0.184. The van der Waals surface area contributed by atoms with E-state index < -0.39 is 0 Å². The van der Waals surface area contributed by atoms with Crippen LogP contribution in [0.2, 0.25) is 0 Å². The molecular formula is C25H24N2O4. The number of fused-ring (bicyclic) bond motifs is 1. The second-order valence-electron chi connectivity index (χ2n) is 7.30. The fourth-order valence-electron chi connectivity index (χ4n) is 3.48. The number of likely N-dealkylation sites (N-methyl/N-ethyl adjacent to an activating group) is 1. The van der Waals surface area contributed by atoms with Crippen LogP contribution in [-0.4, -0.2) is 43.8 Å². The Bertz CT molecular complexity index is 1220. The molecule has 0 saturated carbocycles. The van der Waals surface area contributed by atoms with Crippen LogP contribution in [-0.2, 0) is 6.42 Å². The molecule has 0 bridgehead atoms. The molecule has 3 aromatic carbocycles. The monoisotopic (exact) mass is 416 g/mol. The highest BCUT2D eigenvalue weighted by atomic mass is 16.5. The lowest BCUT2D eigenvalue weighted by Crippen LogP contribution is -2.29. The van der Waals surface area contributed by atoms with E-state index in [1.54, 1.807) is 32.2 Å². The van der Waals surface area contributed by atoms with Crippen molar-refractivity contribution in [3.63, 3.8) is 0 Å². The number of carbonyl (C=O) groups is 1. The Balaban J connectivity index is 1.44. The molecule has 0 aliphatic rings. The molecule has 4 aromatic rings. The zero-order valence-electron chi connectivity index (χ0n) is 17.8. The molecule has 0 radical (unpaired) electrons. The van der Waals surface area contributed by atoms with Crippen LogP contribution in [0.3, 0.4) is 0 Å². The van der Waals surface area contributed by atoms with E-state index in [1.165, 1.54) is 0 Å². The van der Waals surface area contributed by atoms with Crippen LogP contribution < -0.4 is 9.47 Å². The predicted molar refractivity (Wildman–Crippen MR) is 120 cm³/mol. The lowest BCUT2D eigenvalue weighted by atomic mass is 10.1. The number of nitrogens with zero attached hydrogens (tertiary/aromatic N) is 2. The maximum absolute atomic E-state index is 12.8. The fraction of sp³-hybridized carbons (Fsp3) is 0.200. The third-order valence-corrected chi connectivity index (χ3v) is 5.29. The highest BCUT2D eigenvalue weighted by Crippen LogP contribution is 2.28. The summed E-state index contributed by atoms with van der Waals surface area (Å²) in [6.07, 6.45) is 0.679. The summed E-state index contributed by atoms with van der Waals surface area (Å²) < 4.78 is 16.1. The second kappa shape index (κ2) is 8.92. The van der Waals surface area contributed by atoms with Gasteiger partial charge in [-0.15, -0.1) is 0 Å². The van der Waals surface area contributed by atoms with E-state index in [-0.39, 0.29) is 11.6 Å². The van der Waals surface area contributed by atoms with Gasteiger partial charge >= 0.3 is 0 Å². The summed E-state index contributed by atoms with van der Waals surface area (Å²) in [5, 5.41) is 6.25. The van der Waals surface area contributed by atoms with Crippen LogP contribution in [0.25, 0.3) is 22.1 Å². The zero-order chi connectivity index (χ0) is 21.8. The summed E-state index contributed by atoms with van der Waals surface area (Å²) in [5.41, 5.74) is 2.23. The van der Waals surface area contributed by atoms with Gasteiger partial charge in [0.15, 0.2) is 23.0 Å². The SMILES string of the molecule is COc1ccc(CCN(C)C(=O)c2cc(-c3ccc4ccccc4c3)on2)cc1OC. The van der Waals surface area contributed by atoms with Gasteiger partial charge in [-0.2, -0.15) is 0 Å². The van der Waals surface area contributed by atoms with Crippen LogP contribution in [0.4, 0.5) is 0 Å². The molecule has 1 amide bonds. The van der Waals surface area contributed by atoms with E-state index in [2.05, 4.69) is 11.2 Å². The van der Waals surface area contributed by atoms with E-state index in [0.717, 1.165) is 21.9 Å². The van der Waals surface area contributed by atoms with Gasteiger partial charge < -0.3 is 18.9 Å². The first-order chi connectivity index (χ1) is 15.1. The maximum Gasteiger partial charge on any atom is 0.275 e. The van der Waals surface area contributed by atoms with Crippen molar-refractivity contribution in [3.8, 4) is 22.8 Å². The van der Waals surface area contributed by atoms with Gasteiger partial charge in [-0.3, -0.25) is 4.79 Å². The van der Waals surface area contributed by atoms with Crippen molar-refractivity contribution in [3.05, 3.63) is 78.0 Å². The van der Waals surface area contributed by atoms with Gasteiger partial charge in [-0.1, -0.05) is 47.6 Å². The fourth-order valence-corrected chi connectivity index (χ4v) is 3.48. The van der Waals surface area contributed by atoms with E-state index in [4.69, 9.17) is 14.0 Å². The molecule has 1 heterocycles. The van der Waals surface area contributed by atoms with Gasteiger partial charge in [0.1, 0.15) is 0 Å². The standard InChI is InChI=1S/C25H24N2O4/c1-27(13-12-17-8-11-22(29-2)24(14-17)30-3)25(28)21-16-23(31-26-21)20-10-9-18-6-4-5-7-19(18)15-20/h4-11,14-16H,12-13H2,1-3H3. The molecule has 0 fully saturated rings. The van der Waals surface area contributed by atoms with Gasteiger partial charge in [0.2, 0.25) is 0 Å². The number of carbonyl (C=O) groups excluding carboxylic acids is 1. The summed E-state index contributed by atoms with van der Waals surface area (Å²) in [6.45, 7) is 0.534. The van der Waals surface area contributed by atoms with Gasteiger partial charge in [0.25, 0.3) is 5.91 Å². The molecule has 6 heteroatoms. The Morgan fingerprint density at radius 2 is 1.71 bits per heavy atom. The second-order valence-corrected chi connectivity index (χ2v) is 7.30. The minimum atomic E-state index is -0.184. The van der Waals surface area contributed by atoms with E-state index in [1.807, 2.05) is 54.6 Å². The van der Waals surface area contributed by atoms with Crippen LogP contribution in [0, 0.1) is 0 Å². The molecule has 1 aromatic heterocycles.